The smallest absolute Gasteiger partial charge is 0.242 e. The van der Waals surface area contributed by atoms with Gasteiger partial charge in [0.1, 0.15) is 6.04 Å². The Kier molecular flexibility index (Phi) is 9.58. The van der Waals surface area contributed by atoms with Gasteiger partial charge in [0.2, 0.25) is 11.8 Å². The minimum Gasteiger partial charge on any atom is -0.357 e. The quantitative estimate of drug-likeness (QED) is 0.342. The average Bonchev–Trinajstić information content (AvgIpc) is 2.86. The Morgan fingerprint density at radius 1 is 0.861 bits per heavy atom. The summed E-state index contributed by atoms with van der Waals surface area (Å²) < 4.78 is 0. The van der Waals surface area contributed by atoms with E-state index in [1.807, 2.05) is 36.4 Å². The highest BCUT2D eigenvalue weighted by atomic mass is 35.5. The molecule has 0 fully saturated rings. The number of likely N-dealkylation sites (N-methyl/N-ethyl adjacent to an activating group) is 1. The number of amides is 2. The van der Waals surface area contributed by atoms with Gasteiger partial charge in [0, 0.05) is 26.4 Å². The Hall–Kier alpha value is -2.82. The van der Waals surface area contributed by atoms with Gasteiger partial charge in [-0.3, -0.25) is 9.59 Å². The van der Waals surface area contributed by atoms with E-state index in [2.05, 4.69) is 50.4 Å². The number of benzene rings is 3. The normalized spacial score (nSPS) is 12.2. The van der Waals surface area contributed by atoms with Crippen molar-refractivity contribution >= 4 is 35.0 Å². The van der Waals surface area contributed by atoms with Crippen LogP contribution >= 0.6 is 23.2 Å². The third-order valence-electron chi connectivity index (χ3n) is 6.30. The highest BCUT2D eigenvalue weighted by molar-refractivity contribution is 6.42. The van der Waals surface area contributed by atoms with Crippen LogP contribution in [-0.4, -0.2) is 29.8 Å². The highest BCUT2D eigenvalue weighted by Crippen LogP contribution is 2.25. The molecule has 3 aromatic carbocycles. The molecule has 6 heteroatoms. The molecule has 1 atom stereocenters. The van der Waals surface area contributed by atoms with Crippen molar-refractivity contribution in [2.45, 2.75) is 58.0 Å². The molecule has 0 aromatic heterocycles. The fraction of sp³-hybridized carbons (Fsp3) is 0.333. The topological polar surface area (TPSA) is 49.4 Å². The van der Waals surface area contributed by atoms with Gasteiger partial charge in [0.05, 0.1) is 10.0 Å². The molecular weight excluding hydrogens is 491 g/mol. The summed E-state index contributed by atoms with van der Waals surface area (Å²) in [6, 6.07) is 22.8. The first kappa shape index (κ1) is 27.8. The molecule has 0 radical (unpaired) electrons. The van der Waals surface area contributed by atoms with Gasteiger partial charge in [-0.1, -0.05) is 105 Å². The van der Waals surface area contributed by atoms with Crippen LogP contribution in [0.5, 0.6) is 0 Å². The predicted octanol–water partition coefficient (Wildman–Crippen LogP) is 6.61. The minimum atomic E-state index is -0.664. The standard InChI is InChI=1S/C30H34Cl2N2O2/c1-30(2,3)24-14-10-21(11-15-24)13-17-28(35)34(20-23-12-16-25(31)26(32)18-23)27(29(36)33-4)19-22-8-6-5-7-9-22/h5-12,14-16,18,27H,13,17,19-20H2,1-4H3,(H,33,36). The van der Waals surface area contributed by atoms with Crippen molar-refractivity contribution in [3.63, 3.8) is 0 Å². The minimum absolute atomic E-state index is 0.0726. The lowest BCUT2D eigenvalue weighted by atomic mass is 9.86. The molecule has 0 aliphatic carbocycles. The molecule has 1 N–H and O–H groups in total. The van der Waals surface area contributed by atoms with Crippen LogP contribution in [0.4, 0.5) is 0 Å². The molecule has 0 aliphatic rings. The molecule has 0 saturated carbocycles. The summed E-state index contributed by atoms with van der Waals surface area (Å²) >= 11 is 12.3. The second kappa shape index (κ2) is 12.4. The Morgan fingerprint density at radius 2 is 1.50 bits per heavy atom. The van der Waals surface area contributed by atoms with Crippen molar-refractivity contribution in [1.29, 1.82) is 0 Å². The fourth-order valence-corrected chi connectivity index (χ4v) is 4.44. The van der Waals surface area contributed by atoms with Crippen LogP contribution in [0.25, 0.3) is 0 Å². The van der Waals surface area contributed by atoms with Crippen molar-refractivity contribution in [2.24, 2.45) is 0 Å². The molecular formula is C30H34Cl2N2O2. The largest absolute Gasteiger partial charge is 0.357 e. The summed E-state index contributed by atoms with van der Waals surface area (Å²) in [4.78, 5) is 28.3. The Bertz CT molecular complexity index is 1170. The number of nitrogens with one attached hydrogen (secondary N) is 1. The molecule has 0 heterocycles. The zero-order valence-corrected chi connectivity index (χ0v) is 22.9. The zero-order valence-electron chi connectivity index (χ0n) is 21.4. The lowest BCUT2D eigenvalue weighted by molar-refractivity contribution is -0.141. The maximum absolute atomic E-state index is 13.6. The number of halogens is 2. The molecule has 4 nitrogen and oxygen atoms in total. The maximum Gasteiger partial charge on any atom is 0.242 e. The number of hydrogen-bond donors (Lipinski definition) is 1. The molecule has 190 valence electrons. The lowest BCUT2D eigenvalue weighted by Crippen LogP contribution is -2.49. The molecule has 1 unspecified atom stereocenters. The molecule has 36 heavy (non-hydrogen) atoms. The fourth-order valence-electron chi connectivity index (χ4n) is 4.12. The molecule has 3 aromatic rings. The number of carbonyl (C=O) groups is 2. The van der Waals surface area contributed by atoms with Crippen LogP contribution in [0, 0.1) is 0 Å². The van der Waals surface area contributed by atoms with Crippen LogP contribution in [0.15, 0.2) is 72.8 Å². The number of nitrogens with zero attached hydrogens (tertiary/aromatic N) is 1. The average molecular weight is 526 g/mol. The molecule has 0 spiro atoms. The summed E-state index contributed by atoms with van der Waals surface area (Å²) in [5.41, 5.74) is 4.21. The summed E-state index contributed by atoms with van der Waals surface area (Å²) in [7, 11) is 1.60. The SMILES string of the molecule is CNC(=O)C(Cc1ccccc1)N(Cc1ccc(Cl)c(Cl)c1)C(=O)CCc1ccc(C(C)(C)C)cc1. The maximum atomic E-state index is 13.6. The first-order valence-electron chi connectivity index (χ1n) is 12.2. The first-order valence-corrected chi connectivity index (χ1v) is 12.9. The van der Waals surface area contributed by atoms with E-state index in [0.717, 1.165) is 16.7 Å². The van der Waals surface area contributed by atoms with Crippen LogP contribution in [-0.2, 0) is 34.4 Å². The van der Waals surface area contributed by atoms with Crippen molar-refractivity contribution in [2.75, 3.05) is 7.05 Å². The number of carbonyl (C=O) groups excluding carboxylic acids is 2. The van der Waals surface area contributed by atoms with Crippen LogP contribution in [0.3, 0.4) is 0 Å². The van der Waals surface area contributed by atoms with E-state index < -0.39 is 6.04 Å². The Balaban J connectivity index is 1.86. The van der Waals surface area contributed by atoms with Crippen molar-refractivity contribution in [3.8, 4) is 0 Å². The van der Waals surface area contributed by atoms with Crippen LogP contribution in [0.2, 0.25) is 10.0 Å². The summed E-state index contributed by atoms with van der Waals surface area (Å²) in [6.07, 6.45) is 1.29. The molecule has 2 amide bonds. The Morgan fingerprint density at radius 3 is 2.08 bits per heavy atom. The summed E-state index contributed by atoms with van der Waals surface area (Å²) in [5.74, 6) is -0.299. The van der Waals surface area contributed by atoms with E-state index in [1.54, 1.807) is 24.1 Å². The van der Waals surface area contributed by atoms with E-state index >= 15 is 0 Å². The van der Waals surface area contributed by atoms with Gasteiger partial charge in [0.15, 0.2) is 0 Å². The monoisotopic (exact) mass is 524 g/mol. The zero-order chi connectivity index (χ0) is 26.3. The van der Waals surface area contributed by atoms with Gasteiger partial charge in [-0.2, -0.15) is 0 Å². The predicted molar refractivity (Wildman–Crippen MR) is 148 cm³/mol. The van der Waals surface area contributed by atoms with Crippen LogP contribution < -0.4 is 5.32 Å². The van der Waals surface area contributed by atoms with E-state index in [1.165, 1.54) is 5.56 Å². The lowest BCUT2D eigenvalue weighted by Gasteiger charge is -2.31. The number of hydrogen-bond acceptors (Lipinski definition) is 2. The van der Waals surface area contributed by atoms with Gasteiger partial charge < -0.3 is 10.2 Å². The summed E-state index contributed by atoms with van der Waals surface area (Å²) in [5, 5.41) is 3.61. The molecule has 3 rings (SSSR count). The number of aryl methyl sites for hydroxylation is 1. The highest BCUT2D eigenvalue weighted by Gasteiger charge is 2.29. The van der Waals surface area contributed by atoms with Crippen molar-refractivity contribution < 1.29 is 9.59 Å². The van der Waals surface area contributed by atoms with E-state index in [-0.39, 0.29) is 23.8 Å². The Labute approximate surface area is 224 Å². The van der Waals surface area contributed by atoms with Gasteiger partial charge in [0.25, 0.3) is 0 Å². The molecule has 0 aliphatic heterocycles. The van der Waals surface area contributed by atoms with Gasteiger partial charge >= 0.3 is 0 Å². The van der Waals surface area contributed by atoms with Crippen molar-refractivity contribution in [3.05, 3.63) is 105 Å². The van der Waals surface area contributed by atoms with Gasteiger partial charge in [-0.05, 0) is 46.2 Å². The van der Waals surface area contributed by atoms with Gasteiger partial charge in [-0.15, -0.1) is 0 Å². The third-order valence-corrected chi connectivity index (χ3v) is 7.04. The summed E-state index contributed by atoms with van der Waals surface area (Å²) in [6.45, 7) is 6.79. The van der Waals surface area contributed by atoms with E-state index in [9.17, 15) is 9.59 Å². The first-order chi connectivity index (χ1) is 17.1. The van der Waals surface area contributed by atoms with Gasteiger partial charge in [-0.25, -0.2) is 0 Å². The third kappa shape index (κ3) is 7.59. The van der Waals surface area contributed by atoms with E-state index in [0.29, 0.717) is 29.3 Å². The molecule has 0 bridgehead atoms. The van der Waals surface area contributed by atoms with Crippen molar-refractivity contribution in [1.82, 2.24) is 10.2 Å². The second-order valence-electron chi connectivity index (χ2n) is 10.0. The number of rotatable bonds is 9. The molecule has 0 saturated heterocycles. The van der Waals surface area contributed by atoms with E-state index in [4.69, 9.17) is 23.2 Å². The van der Waals surface area contributed by atoms with Crippen LogP contribution in [0.1, 0.15) is 49.4 Å². The second-order valence-corrected chi connectivity index (χ2v) is 10.9.